The molecule has 0 aliphatic heterocycles. The second-order valence-electron chi connectivity index (χ2n) is 7.90. The first kappa shape index (κ1) is 19.3. The summed E-state index contributed by atoms with van der Waals surface area (Å²) in [6.45, 7) is 10.9. The molecule has 2 N–H and O–H groups in total. The first-order valence-electron chi connectivity index (χ1n) is 9.71. The van der Waals surface area contributed by atoms with Crippen LogP contribution in [0.15, 0.2) is 53.3 Å². The van der Waals surface area contributed by atoms with Crippen LogP contribution in [0.2, 0.25) is 0 Å². The molecule has 0 saturated carbocycles. The number of aromatic amines is 1. The van der Waals surface area contributed by atoms with Crippen LogP contribution < -0.4 is 10.9 Å². The van der Waals surface area contributed by atoms with Gasteiger partial charge in [0.25, 0.3) is 5.56 Å². The highest BCUT2D eigenvalue weighted by molar-refractivity contribution is 5.77. The molecule has 4 heteroatoms. The second kappa shape index (κ2) is 8.05. The predicted octanol–water partition coefficient (Wildman–Crippen LogP) is 5.09. The maximum absolute atomic E-state index is 12.4. The lowest BCUT2D eigenvalue weighted by Crippen LogP contribution is -2.30. The van der Waals surface area contributed by atoms with E-state index in [2.05, 4.69) is 67.2 Å². The van der Waals surface area contributed by atoms with Crippen molar-refractivity contribution in [2.45, 2.75) is 52.6 Å². The van der Waals surface area contributed by atoms with E-state index in [0.29, 0.717) is 23.0 Å². The van der Waals surface area contributed by atoms with E-state index >= 15 is 0 Å². The van der Waals surface area contributed by atoms with Gasteiger partial charge in [-0.3, -0.25) is 4.79 Å². The van der Waals surface area contributed by atoms with Crippen molar-refractivity contribution in [3.05, 3.63) is 75.8 Å². The average Bonchev–Trinajstić information content (AvgIpc) is 2.65. The summed E-state index contributed by atoms with van der Waals surface area (Å²) in [6, 6.07) is 16.4. The summed E-state index contributed by atoms with van der Waals surface area (Å²) < 4.78 is 0. The monoisotopic (exact) mass is 363 g/mol. The third kappa shape index (κ3) is 4.28. The van der Waals surface area contributed by atoms with Crippen molar-refractivity contribution in [2.75, 3.05) is 0 Å². The lowest BCUT2D eigenvalue weighted by Gasteiger charge is -2.27. The van der Waals surface area contributed by atoms with Crippen LogP contribution in [0.25, 0.3) is 10.9 Å². The van der Waals surface area contributed by atoms with Gasteiger partial charge in [0.1, 0.15) is 5.82 Å². The van der Waals surface area contributed by atoms with Crippen LogP contribution in [0.5, 0.6) is 0 Å². The van der Waals surface area contributed by atoms with E-state index in [1.54, 1.807) is 6.07 Å². The maximum Gasteiger partial charge on any atom is 0.258 e. The number of benzene rings is 2. The van der Waals surface area contributed by atoms with Gasteiger partial charge in [-0.25, -0.2) is 4.98 Å². The highest BCUT2D eigenvalue weighted by Gasteiger charge is 2.20. The quantitative estimate of drug-likeness (QED) is 0.641. The Morgan fingerprint density at radius 3 is 2.15 bits per heavy atom. The number of nitrogens with zero attached hydrogens (tertiary/aromatic N) is 1. The van der Waals surface area contributed by atoms with Crippen LogP contribution in [-0.2, 0) is 0 Å². The topological polar surface area (TPSA) is 57.8 Å². The van der Waals surface area contributed by atoms with Crippen LogP contribution in [-0.4, -0.2) is 9.97 Å². The molecule has 3 aromatic rings. The minimum absolute atomic E-state index is 0.0699. The van der Waals surface area contributed by atoms with E-state index in [4.69, 9.17) is 0 Å². The van der Waals surface area contributed by atoms with Gasteiger partial charge in [0.05, 0.1) is 16.9 Å². The molecular weight excluding hydrogens is 334 g/mol. The van der Waals surface area contributed by atoms with Crippen LogP contribution in [0.1, 0.15) is 69.6 Å². The molecule has 0 aliphatic carbocycles. The Labute approximate surface area is 161 Å². The van der Waals surface area contributed by atoms with E-state index < -0.39 is 0 Å². The standard InChI is InChI=1S/C23H29N3O/c1-14(2)17-10-12-18(13-11-17)21(15(3)4)24-16(5)22-25-20-9-7-6-8-19(20)23(27)26-22/h6-16,21,24H,1-5H3,(H,25,26,27)/t16-,21-/m1/s1. The summed E-state index contributed by atoms with van der Waals surface area (Å²) in [5.41, 5.74) is 3.23. The molecular formula is C23H29N3O. The summed E-state index contributed by atoms with van der Waals surface area (Å²) in [7, 11) is 0. The summed E-state index contributed by atoms with van der Waals surface area (Å²) in [4.78, 5) is 20.0. The Morgan fingerprint density at radius 1 is 0.889 bits per heavy atom. The number of para-hydroxylation sites is 1. The second-order valence-corrected chi connectivity index (χ2v) is 7.90. The zero-order chi connectivity index (χ0) is 19.6. The van der Waals surface area contributed by atoms with Crippen LogP contribution in [0, 0.1) is 5.92 Å². The zero-order valence-electron chi connectivity index (χ0n) is 16.8. The molecule has 0 aliphatic rings. The van der Waals surface area contributed by atoms with Crippen LogP contribution in [0.3, 0.4) is 0 Å². The van der Waals surface area contributed by atoms with Gasteiger partial charge in [-0.1, -0.05) is 64.1 Å². The Bertz CT molecular complexity index is 957. The van der Waals surface area contributed by atoms with Crippen LogP contribution >= 0.6 is 0 Å². The number of rotatable bonds is 6. The molecule has 0 saturated heterocycles. The molecule has 0 spiro atoms. The van der Waals surface area contributed by atoms with Gasteiger partial charge in [-0.2, -0.15) is 0 Å². The fraction of sp³-hybridized carbons (Fsp3) is 0.391. The first-order valence-corrected chi connectivity index (χ1v) is 9.71. The molecule has 142 valence electrons. The van der Waals surface area contributed by atoms with Crippen molar-refractivity contribution < 1.29 is 0 Å². The number of nitrogens with one attached hydrogen (secondary N) is 2. The van der Waals surface area contributed by atoms with Gasteiger partial charge in [-0.05, 0) is 42.0 Å². The largest absolute Gasteiger partial charge is 0.309 e. The van der Waals surface area contributed by atoms with Gasteiger partial charge >= 0.3 is 0 Å². The van der Waals surface area contributed by atoms with Gasteiger partial charge in [0.2, 0.25) is 0 Å². The maximum atomic E-state index is 12.4. The van der Waals surface area contributed by atoms with E-state index in [1.807, 2.05) is 25.1 Å². The smallest absolute Gasteiger partial charge is 0.258 e. The van der Waals surface area contributed by atoms with Gasteiger partial charge in [-0.15, -0.1) is 0 Å². The van der Waals surface area contributed by atoms with Crippen molar-refractivity contribution >= 4 is 10.9 Å². The van der Waals surface area contributed by atoms with E-state index in [1.165, 1.54) is 11.1 Å². The number of fused-ring (bicyclic) bond motifs is 1. The number of hydrogen-bond donors (Lipinski definition) is 2. The van der Waals surface area contributed by atoms with Crippen molar-refractivity contribution in [1.29, 1.82) is 0 Å². The highest BCUT2D eigenvalue weighted by atomic mass is 16.1. The summed E-state index contributed by atoms with van der Waals surface area (Å²) in [5, 5.41) is 4.28. The number of H-pyrrole nitrogens is 1. The Kier molecular flexibility index (Phi) is 5.76. The fourth-order valence-electron chi connectivity index (χ4n) is 3.42. The molecule has 3 rings (SSSR count). The molecule has 1 aromatic heterocycles. The minimum atomic E-state index is -0.0911. The number of aromatic nitrogens is 2. The first-order chi connectivity index (χ1) is 12.9. The molecule has 4 nitrogen and oxygen atoms in total. The Morgan fingerprint density at radius 2 is 1.52 bits per heavy atom. The zero-order valence-corrected chi connectivity index (χ0v) is 16.8. The van der Waals surface area contributed by atoms with Gasteiger partial charge < -0.3 is 10.3 Å². The molecule has 0 radical (unpaired) electrons. The molecule has 2 atom stereocenters. The number of hydrogen-bond acceptors (Lipinski definition) is 3. The highest BCUT2D eigenvalue weighted by Crippen LogP contribution is 2.26. The minimum Gasteiger partial charge on any atom is -0.309 e. The molecule has 0 unspecified atom stereocenters. The summed E-state index contributed by atoms with van der Waals surface area (Å²) in [5.74, 6) is 1.60. The summed E-state index contributed by atoms with van der Waals surface area (Å²) in [6.07, 6.45) is 0. The third-order valence-electron chi connectivity index (χ3n) is 5.10. The fourth-order valence-corrected chi connectivity index (χ4v) is 3.42. The lowest BCUT2D eigenvalue weighted by atomic mass is 9.93. The van der Waals surface area contributed by atoms with Crippen molar-refractivity contribution in [1.82, 2.24) is 15.3 Å². The van der Waals surface area contributed by atoms with Gasteiger partial charge in [0, 0.05) is 6.04 Å². The molecule has 2 aromatic carbocycles. The molecule has 0 amide bonds. The van der Waals surface area contributed by atoms with E-state index in [0.717, 1.165) is 5.52 Å². The SMILES string of the molecule is CC(C)c1ccc([C@H](N[C@H](C)c2nc3ccccc3c(=O)[nH]2)C(C)C)cc1. The van der Waals surface area contributed by atoms with Crippen molar-refractivity contribution in [3.63, 3.8) is 0 Å². The molecule has 0 fully saturated rings. The van der Waals surface area contributed by atoms with Crippen molar-refractivity contribution in [2.24, 2.45) is 5.92 Å². The molecule has 1 heterocycles. The summed E-state index contributed by atoms with van der Waals surface area (Å²) >= 11 is 0. The van der Waals surface area contributed by atoms with Crippen LogP contribution in [0.4, 0.5) is 0 Å². The average molecular weight is 364 g/mol. The van der Waals surface area contributed by atoms with Crippen molar-refractivity contribution in [3.8, 4) is 0 Å². The normalized spacial score (nSPS) is 14.0. The third-order valence-corrected chi connectivity index (χ3v) is 5.10. The lowest BCUT2D eigenvalue weighted by molar-refractivity contribution is 0.367. The Balaban J connectivity index is 1.87. The van der Waals surface area contributed by atoms with Gasteiger partial charge in [0.15, 0.2) is 0 Å². The predicted molar refractivity (Wildman–Crippen MR) is 112 cm³/mol. The Hall–Kier alpha value is -2.46. The molecule has 27 heavy (non-hydrogen) atoms. The van der Waals surface area contributed by atoms with E-state index in [-0.39, 0.29) is 17.6 Å². The molecule has 0 bridgehead atoms. The van der Waals surface area contributed by atoms with E-state index in [9.17, 15) is 4.79 Å².